The molecule has 0 aliphatic heterocycles. The predicted octanol–water partition coefficient (Wildman–Crippen LogP) is 4.36. The van der Waals surface area contributed by atoms with E-state index in [4.69, 9.17) is 0 Å². The summed E-state index contributed by atoms with van der Waals surface area (Å²) in [6, 6.07) is 8.58. The van der Waals surface area contributed by atoms with Crippen LogP contribution in [0.5, 0.6) is 0 Å². The molecule has 1 rings (SSSR count). The number of halogens is 1. The van der Waals surface area contributed by atoms with Crippen LogP contribution in [0.2, 0.25) is 0 Å². The van der Waals surface area contributed by atoms with Crippen LogP contribution in [0.3, 0.4) is 0 Å². The molecule has 3 heteroatoms. The number of hydrogen-bond donors (Lipinski definition) is 1. The van der Waals surface area contributed by atoms with Gasteiger partial charge in [0.15, 0.2) is 0 Å². The van der Waals surface area contributed by atoms with Crippen LogP contribution in [0.25, 0.3) is 0 Å². The number of nitrogens with one attached hydrogen (secondary N) is 1. The Balaban J connectivity index is 2.51. The van der Waals surface area contributed by atoms with Crippen molar-refractivity contribution in [1.82, 2.24) is 5.32 Å². The number of thioether (sulfide) groups is 1. The third-order valence-electron chi connectivity index (χ3n) is 3.02. The van der Waals surface area contributed by atoms with Crippen molar-refractivity contribution < 1.29 is 0 Å². The first-order valence-electron chi connectivity index (χ1n) is 6.79. The van der Waals surface area contributed by atoms with Gasteiger partial charge in [-0.15, -0.1) is 0 Å². The summed E-state index contributed by atoms with van der Waals surface area (Å²) in [6.07, 6.45) is 2.46. The Kier molecular flexibility index (Phi) is 8.82. The Morgan fingerprint density at radius 3 is 2.72 bits per heavy atom. The molecule has 0 aliphatic rings. The molecule has 102 valence electrons. The van der Waals surface area contributed by atoms with Crippen molar-refractivity contribution in [1.29, 1.82) is 0 Å². The zero-order valence-electron chi connectivity index (χ0n) is 11.4. The molecular formula is C15H24BrNS. The molecule has 1 N–H and O–H groups in total. The van der Waals surface area contributed by atoms with Gasteiger partial charge >= 0.3 is 0 Å². The van der Waals surface area contributed by atoms with Gasteiger partial charge in [-0.3, -0.25) is 0 Å². The quantitative estimate of drug-likeness (QED) is 0.675. The molecular weight excluding hydrogens is 306 g/mol. The van der Waals surface area contributed by atoms with Gasteiger partial charge in [0.05, 0.1) is 0 Å². The first-order valence-corrected chi connectivity index (χ1v) is 8.74. The molecule has 0 aromatic heterocycles. The molecule has 0 radical (unpaired) electrons. The van der Waals surface area contributed by atoms with E-state index < -0.39 is 0 Å². The maximum Gasteiger partial charge on any atom is 0.0207 e. The van der Waals surface area contributed by atoms with Crippen molar-refractivity contribution in [2.24, 2.45) is 5.92 Å². The molecule has 0 spiro atoms. The van der Waals surface area contributed by atoms with Gasteiger partial charge < -0.3 is 5.32 Å². The van der Waals surface area contributed by atoms with Crippen LogP contribution in [-0.4, -0.2) is 24.6 Å². The lowest BCUT2D eigenvalue weighted by Gasteiger charge is -2.18. The Morgan fingerprint density at radius 1 is 1.28 bits per heavy atom. The monoisotopic (exact) mass is 329 g/mol. The minimum Gasteiger partial charge on any atom is -0.317 e. The van der Waals surface area contributed by atoms with E-state index >= 15 is 0 Å². The van der Waals surface area contributed by atoms with Crippen LogP contribution in [0.1, 0.15) is 25.8 Å². The van der Waals surface area contributed by atoms with Gasteiger partial charge in [-0.05, 0) is 55.0 Å². The minimum atomic E-state index is 0.739. The van der Waals surface area contributed by atoms with Gasteiger partial charge in [0.2, 0.25) is 0 Å². The highest BCUT2D eigenvalue weighted by Crippen LogP contribution is 2.21. The van der Waals surface area contributed by atoms with Crippen molar-refractivity contribution in [2.75, 3.05) is 24.6 Å². The molecule has 0 saturated heterocycles. The summed E-state index contributed by atoms with van der Waals surface area (Å²) in [5.74, 6) is 3.24. The average molecular weight is 330 g/mol. The van der Waals surface area contributed by atoms with E-state index in [1.807, 2.05) is 11.8 Å². The minimum absolute atomic E-state index is 0.739. The highest BCUT2D eigenvalue weighted by Gasteiger charge is 2.10. The second kappa shape index (κ2) is 9.88. The van der Waals surface area contributed by atoms with Gasteiger partial charge in [0, 0.05) is 4.47 Å². The third kappa shape index (κ3) is 6.26. The van der Waals surface area contributed by atoms with E-state index in [1.165, 1.54) is 34.4 Å². The Hall–Kier alpha value is 0.01000. The van der Waals surface area contributed by atoms with Gasteiger partial charge in [-0.1, -0.05) is 48.0 Å². The smallest absolute Gasteiger partial charge is 0.0207 e. The summed E-state index contributed by atoms with van der Waals surface area (Å²) in [4.78, 5) is 0. The Morgan fingerprint density at radius 2 is 2.06 bits per heavy atom. The van der Waals surface area contributed by atoms with Gasteiger partial charge in [0.25, 0.3) is 0 Å². The maximum atomic E-state index is 3.65. The second-order valence-electron chi connectivity index (χ2n) is 4.45. The number of rotatable bonds is 9. The second-order valence-corrected chi connectivity index (χ2v) is 6.70. The fourth-order valence-electron chi connectivity index (χ4n) is 1.99. The lowest BCUT2D eigenvalue weighted by molar-refractivity contribution is 0.470. The molecule has 0 heterocycles. The fourth-order valence-corrected chi connectivity index (χ4v) is 3.23. The standard InChI is InChI=1S/C15H24BrNS/c1-3-17-12-13(9-10-18-4-2)11-14-7-5-6-8-15(14)16/h5-8,13,17H,3-4,9-12H2,1-2H3. The lowest BCUT2D eigenvalue weighted by atomic mass is 9.97. The number of benzene rings is 1. The van der Waals surface area contributed by atoms with Gasteiger partial charge in [-0.25, -0.2) is 0 Å². The van der Waals surface area contributed by atoms with E-state index in [0.717, 1.165) is 19.0 Å². The van der Waals surface area contributed by atoms with Crippen LogP contribution < -0.4 is 5.32 Å². The third-order valence-corrected chi connectivity index (χ3v) is 4.73. The number of hydrogen-bond acceptors (Lipinski definition) is 2. The molecule has 0 fully saturated rings. The molecule has 0 aliphatic carbocycles. The van der Waals surface area contributed by atoms with Crippen molar-refractivity contribution in [3.8, 4) is 0 Å². The van der Waals surface area contributed by atoms with E-state index in [1.54, 1.807) is 0 Å². The Labute approximate surface area is 124 Å². The normalized spacial score (nSPS) is 12.6. The topological polar surface area (TPSA) is 12.0 Å². The lowest BCUT2D eigenvalue weighted by Crippen LogP contribution is -2.24. The maximum absolute atomic E-state index is 3.65. The van der Waals surface area contributed by atoms with Crippen LogP contribution in [0.4, 0.5) is 0 Å². The molecule has 1 aromatic carbocycles. The summed E-state index contributed by atoms with van der Waals surface area (Å²) in [5, 5.41) is 3.49. The zero-order valence-corrected chi connectivity index (χ0v) is 13.8. The van der Waals surface area contributed by atoms with Crippen molar-refractivity contribution in [3.05, 3.63) is 34.3 Å². The average Bonchev–Trinajstić information content (AvgIpc) is 2.38. The largest absolute Gasteiger partial charge is 0.317 e. The Bertz CT molecular complexity index is 330. The fraction of sp³-hybridized carbons (Fsp3) is 0.600. The molecule has 18 heavy (non-hydrogen) atoms. The first kappa shape index (κ1) is 16.1. The zero-order chi connectivity index (χ0) is 13.2. The summed E-state index contributed by atoms with van der Waals surface area (Å²) < 4.78 is 1.25. The summed E-state index contributed by atoms with van der Waals surface area (Å²) in [5.41, 5.74) is 1.43. The molecule has 0 saturated carbocycles. The molecule has 1 unspecified atom stereocenters. The molecule has 1 nitrogen and oxygen atoms in total. The molecule has 1 atom stereocenters. The first-order chi connectivity index (χ1) is 8.77. The summed E-state index contributed by atoms with van der Waals surface area (Å²) in [7, 11) is 0. The van der Waals surface area contributed by atoms with E-state index in [-0.39, 0.29) is 0 Å². The van der Waals surface area contributed by atoms with Crippen molar-refractivity contribution in [2.45, 2.75) is 26.7 Å². The highest BCUT2D eigenvalue weighted by atomic mass is 79.9. The van der Waals surface area contributed by atoms with Crippen LogP contribution in [-0.2, 0) is 6.42 Å². The summed E-state index contributed by atoms with van der Waals surface area (Å²) >= 11 is 5.69. The van der Waals surface area contributed by atoms with E-state index in [9.17, 15) is 0 Å². The van der Waals surface area contributed by atoms with Crippen molar-refractivity contribution >= 4 is 27.7 Å². The molecule has 0 bridgehead atoms. The highest BCUT2D eigenvalue weighted by molar-refractivity contribution is 9.10. The van der Waals surface area contributed by atoms with E-state index in [0.29, 0.717) is 0 Å². The van der Waals surface area contributed by atoms with Gasteiger partial charge in [-0.2, -0.15) is 11.8 Å². The van der Waals surface area contributed by atoms with Crippen LogP contribution >= 0.6 is 27.7 Å². The van der Waals surface area contributed by atoms with E-state index in [2.05, 4.69) is 59.4 Å². The molecule has 1 aromatic rings. The molecule has 0 amide bonds. The van der Waals surface area contributed by atoms with Gasteiger partial charge in [0.1, 0.15) is 0 Å². The van der Waals surface area contributed by atoms with Crippen LogP contribution in [0.15, 0.2) is 28.7 Å². The SMILES string of the molecule is CCNCC(CCSCC)Cc1ccccc1Br. The predicted molar refractivity (Wildman–Crippen MR) is 87.5 cm³/mol. The van der Waals surface area contributed by atoms with Crippen molar-refractivity contribution in [3.63, 3.8) is 0 Å². The van der Waals surface area contributed by atoms with Crippen LogP contribution in [0, 0.1) is 5.92 Å². The summed E-state index contributed by atoms with van der Waals surface area (Å²) in [6.45, 7) is 6.60.